The van der Waals surface area contributed by atoms with Gasteiger partial charge in [0.05, 0.1) is 12.2 Å². The minimum absolute atomic E-state index is 0.320. The van der Waals surface area contributed by atoms with E-state index in [4.69, 9.17) is 4.74 Å². The quantitative estimate of drug-likeness (QED) is 0.914. The summed E-state index contributed by atoms with van der Waals surface area (Å²) in [6.07, 6.45) is 1.38. The second-order valence-electron chi connectivity index (χ2n) is 5.55. The lowest BCUT2D eigenvalue weighted by Gasteiger charge is -2.40. The second kappa shape index (κ2) is 5.92. The van der Waals surface area contributed by atoms with E-state index in [2.05, 4.69) is 47.2 Å². The van der Waals surface area contributed by atoms with Gasteiger partial charge in [-0.3, -0.25) is 0 Å². The summed E-state index contributed by atoms with van der Waals surface area (Å²) in [5.41, 5.74) is 2.63. The second-order valence-corrected chi connectivity index (χ2v) is 5.55. The summed E-state index contributed by atoms with van der Waals surface area (Å²) in [5, 5.41) is 3.42. The van der Waals surface area contributed by atoms with Crippen molar-refractivity contribution in [1.29, 1.82) is 0 Å². The lowest BCUT2D eigenvalue weighted by atomic mass is 10.1. The predicted octanol–water partition coefficient (Wildman–Crippen LogP) is 2.09. The maximum Gasteiger partial charge on any atom is 0.145 e. The number of para-hydroxylation sites is 1. The van der Waals surface area contributed by atoms with E-state index in [-0.39, 0.29) is 0 Å². The Bertz CT molecular complexity index is 457. The van der Waals surface area contributed by atoms with E-state index in [1.165, 1.54) is 11.4 Å². The highest BCUT2D eigenvalue weighted by atomic mass is 16.5. The molecular weight excluding hydrogens is 250 g/mol. The van der Waals surface area contributed by atoms with Crippen LogP contribution < -0.4 is 19.9 Å². The van der Waals surface area contributed by atoms with E-state index >= 15 is 0 Å². The molecule has 2 heterocycles. The first-order chi connectivity index (χ1) is 9.83. The highest BCUT2D eigenvalue weighted by Gasteiger charge is 2.28. The van der Waals surface area contributed by atoms with Gasteiger partial charge in [0.15, 0.2) is 0 Å². The molecule has 0 spiro atoms. The third-order valence-corrected chi connectivity index (χ3v) is 4.31. The monoisotopic (exact) mass is 275 g/mol. The molecule has 4 heteroatoms. The maximum absolute atomic E-state index is 6.16. The van der Waals surface area contributed by atoms with Crippen molar-refractivity contribution in [2.75, 3.05) is 49.1 Å². The summed E-state index contributed by atoms with van der Waals surface area (Å²) in [6, 6.07) is 6.48. The van der Waals surface area contributed by atoms with Gasteiger partial charge in [0.25, 0.3) is 0 Å². The molecule has 0 saturated carbocycles. The van der Waals surface area contributed by atoms with Crippen molar-refractivity contribution < 1.29 is 4.74 Å². The van der Waals surface area contributed by atoms with Crippen molar-refractivity contribution in [3.63, 3.8) is 0 Å². The molecule has 20 heavy (non-hydrogen) atoms. The highest BCUT2D eigenvalue weighted by molar-refractivity contribution is 5.78. The molecule has 1 unspecified atom stereocenters. The number of ether oxygens (including phenoxy) is 1. The Labute approximate surface area is 121 Å². The van der Waals surface area contributed by atoms with E-state index < -0.39 is 0 Å². The Morgan fingerprint density at radius 2 is 2.05 bits per heavy atom. The number of likely N-dealkylation sites (N-methyl/N-ethyl adjacent to an activating group) is 1. The smallest absolute Gasteiger partial charge is 0.145 e. The Hall–Kier alpha value is -1.42. The topological polar surface area (TPSA) is 27.7 Å². The van der Waals surface area contributed by atoms with Gasteiger partial charge in [-0.15, -0.1) is 0 Å². The van der Waals surface area contributed by atoms with Crippen molar-refractivity contribution in [2.24, 2.45) is 0 Å². The molecule has 1 aromatic rings. The lowest BCUT2D eigenvalue weighted by molar-refractivity contribution is 0.190. The van der Waals surface area contributed by atoms with E-state index in [9.17, 15) is 0 Å². The SMILES string of the molecule is CCC1CN(CC)c2c(cccc2N2CCNCC2)O1. The standard InChI is InChI=1S/C16H25N3O/c1-3-13-12-18(4-2)16-14(6-5-7-15(16)20-13)19-10-8-17-9-11-19/h5-7,13,17H,3-4,8-12H2,1-2H3. The molecule has 0 amide bonds. The third kappa shape index (κ3) is 2.44. The Kier molecular flexibility index (Phi) is 4.01. The largest absolute Gasteiger partial charge is 0.486 e. The molecule has 1 atom stereocenters. The minimum atomic E-state index is 0.320. The minimum Gasteiger partial charge on any atom is -0.486 e. The number of fused-ring (bicyclic) bond motifs is 1. The number of nitrogens with zero attached hydrogens (tertiary/aromatic N) is 2. The van der Waals surface area contributed by atoms with Gasteiger partial charge in [0.2, 0.25) is 0 Å². The summed E-state index contributed by atoms with van der Waals surface area (Å²) in [4.78, 5) is 4.96. The fourth-order valence-electron chi connectivity index (χ4n) is 3.14. The summed E-state index contributed by atoms with van der Waals surface area (Å²) >= 11 is 0. The van der Waals surface area contributed by atoms with Gasteiger partial charge in [-0.25, -0.2) is 0 Å². The van der Waals surface area contributed by atoms with Crippen molar-refractivity contribution >= 4 is 11.4 Å². The zero-order valence-electron chi connectivity index (χ0n) is 12.6. The van der Waals surface area contributed by atoms with Crippen LogP contribution in [-0.4, -0.2) is 45.4 Å². The summed E-state index contributed by atoms with van der Waals surface area (Å²) in [5.74, 6) is 1.06. The molecule has 2 aliphatic rings. The first kappa shape index (κ1) is 13.6. The normalized spacial score (nSPS) is 22.4. The number of hydrogen-bond acceptors (Lipinski definition) is 4. The number of anilines is 2. The molecule has 110 valence electrons. The number of hydrogen-bond donors (Lipinski definition) is 1. The zero-order valence-corrected chi connectivity index (χ0v) is 12.6. The van der Waals surface area contributed by atoms with E-state index in [1.54, 1.807) is 0 Å². The highest BCUT2D eigenvalue weighted by Crippen LogP contribution is 2.41. The molecule has 1 saturated heterocycles. The van der Waals surface area contributed by atoms with Crippen LogP contribution in [0.25, 0.3) is 0 Å². The molecule has 1 aromatic carbocycles. The Morgan fingerprint density at radius 3 is 2.75 bits per heavy atom. The van der Waals surface area contributed by atoms with E-state index in [0.717, 1.165) is 51.4 Å². The Balaban J connectivity index is 1.96. The van der Waals surface area contributed by atoms with Gasteiger partial charge in [0, 0.05) is 32.7 Å². The summed E-state index contributed by atoms with van der Waals surface area (Å²) in [6.45, 7) is 10.7. The van der Waals surface area contributed by atoms with Gasteiger partial charge in [-0.1, -0.05) is 13.0 Å². The molecule has 0 bridgehead atoms. The molecule has 1 N–H and O–H groups in total. The van der Waals surface area contributed by atoms with Crippen molar-refractivity contribution in [3.05, 3.63) is 18.2 Å². The van der Waals surface area contributed by atoms with E-state index in [1.807, 2.05) is 0 Å². The van der Waals surface area contributed by atoms with Crippen LogP contribution in [-0.2, 0) is 0 Å². The average molecular weight is 275 g/mol. The van der Waals surface area contributed by atoms with Crippen LogP contribution >= 0.6 is 0 Å². The summed E-state index contributed by atoms with van der Waals surface area (Å²) < 4.78 is 6.16. The average Bonchev–Trinajstić information content (AvgIpc) is 2.53. The van der Waals surface area contributed by atoms with Gasteiger partial charge >= 0.3 is 0 Å². The van der Waals surface area contributed by atoms with Crippen LogP contribution in [0.3, 0.4) is 0 Å². The molecular formula is C16H25N3O. The van der Waals surface area contributed by atoms with Gasteiger partial charge in [-0.05, 0) is 25.5 Å². The number of rotatable bonds is 3. The summed E-state index contributed by atoms with van der Waals surface area (Å²) in [7, 11) is 0. The van der Waals surface area contributed by atoms with Gasteiger partial charge in [-0.2, -0.15) is 0 Å². The zero-order chi connectivity index (χ0) is 13.9. The maximum atomic E-state index is 6.16. The molecule has 1 fully saturated rings. The van der Waals surface area contributed by atoms with Crippen molar-refractivity contribution in [1.82, 2.24) is 5.32 Å². The first-order valence-electron chi connectivity index (χ1n) is 7.83. The Morgan fingerprint density at radius 1 is 1.25 bits per heavy atom. The number of nitrogens with one attached hydrogen (secondary N) is 1. The van der Waals surface area contributed by atoms with Crippen molar-refractivity contribution in [2.45, 2.75) is 26.4 Å². The third-order valence-electron chi connectivity index (χ3n) is 4.31. The molecule has 4 nitrogen and oxygen atoms in total. The van der Waals surface area contributed by atoms with Crippen LogP contribution in [0.4, 0.5) is 11.4 Å². The van der Waals surface area contributed by atoms with Crippen LogP contribution in [0.1, 0.15) is 20.3 Å². The molecule has 0 aliphatic carbocycles. The number of piperazine rings is 1. The lowest BCUT2D eigenvalue weighted by Crippen LogP contribution is -2.45. The predicted molar refractivity (Wildman–Crippen MR) is 84.1 cm³/mol. The molecule has 0 radical (unpaired) electrons. The van der Waals surface area contributed by atoms with Gasteiger partial charge < -0.3 is 19.9 Å². The molecule has 0 aromatic heterocycles. The van der Waals surface area contributed by atoms with Crippen LogP contribution in [0.15, 0.2) is 18.2 Å². The van der Waals surface area contributed by atoms with Crippen LogP contribution in [0.2, 0.25) is 0 Å². The van der Waals surface area contributed by atoms with Crippen molar-refractivity contribution in [3.8, 4) is 5.75 Å². The fraction of sp³-hybridized carbons (Fsp3) is 0.625. The first-order valence-corrected chi connectivity index (χ1v) is 7.83. The molecule has 3 rings (SSSR count). The number of benzene rings is 1. The van der Waals surface area contributed by atoms with Crippen LogP contribution in [0.5, 0.6) is 5.75 Å². The van der Waals surface area contributed by atoms with Crippen LogP contribution in [0, 0.1) is 0 Å². The fourth-order valence-corrected chi connectivity index (χ4v) is 3.14. The molecule has 2 aliphatic heterocycles. The van der Waals surface area contributed by atoms with E-state index in [0.29, 0.717) is 6.10 Å². The van der Waals surface area contributed by atoms with Gasteiger partial charge in [0.1, 0.15) is 17.5 Å².